The molecule has 0 aliphatic rings. The predicted octanol–water partition coefficient (Wildman–Crippen LogP) is 3.50. The van der Waals surface area contributed by atoms with Gasteiger partial charge in [0.1, 0.15) is 5.75 Å². The van der Waals surface area contributed by atoms with Crippen LogP contribution in [0.2, 0.25) is 0 Å². The van der Waals surface area contributed by atoms with Crippen LogP contribution in [0.4, 0.5) is 8.78 Å². The van der Waals surface area contributed by atoms with E-state index in [2.05, 4.69) is 26.0 Å². The minimum absolute atomic E-state index is 0.222. The van der Waals surface area contributed by atoms with Crippen molar-refractivity contribution in [2.75, 3.05) is 18.6 Å². The molecule has 1 aromatic carbocycles. The summed E-state index contributed by atoms with van der Waals surface area (Å²) in [5.41, 5.74) is 0.723. The molecule has 96 valence electrons. The Morgan fingerprint density at radius 3 is 2.88 bits per heavy atom. The molecule has 0 bridgehead atoms. The van der Waals surface area contributed by atoms with Crippen LogP contribution in [-0.4, -0.2) is 25.2 Å². The normalized spacial score (nSPS) is 10.9. The zero-order valence-corrected chi connectivity index (χ0v) is 11.8. The van der Waals surface area contributed by atoms with Crippen molar-refractivity contribution in [1.29, 1.82) is 0 Å². The summed E-state index contributed by atoms with van der Waals surface area (Å²) in [4.78, 5) is 0. The fraction of sp³-hybridized carbons (Fsp3) is 0.455. The average Bonchev–Trinajstić information content (AvgIpc) is 2.27. The van der Waals surface area contributed by atoms with Crippen molar-refractivity contribution in [3.63, 3.8) is 0 Å². The topological polar surface area (TPSA) is 21.3 Å². The van der Waals surface area contributed by atoms with Gasteiger partial charge in [0.15, 0.2) is 0 Å². The molecule has 0 unspecified atom stereocenters. The highest BCUT2D eigenvalue weighted by atomic mass is 79.9. The lowest BCUT2D eigenvalue weighted by atomic mass is 10.2. The molecule has 17 heavy (non-hydrogen) atoms. The van der Waals surface area contributed by atoms with Crippen LogP contribution in [0, 0.1) is 0 Å². The summed E-state index contributed by atoms with van der Waals surface area (Å²) in [6.45, 7) is -1.44. The molecule has 0 saturated heterocycles. The van der Waals surface area contributed by atoms with E-state index in [9.17, 15) is 8.78 Å². The second-order valence-electron chi connectivity index (χ2n) is 3.30. The van der Waals surface area contributed by atoms with E-state index in [1.165, 1.54) is 0 Å². The van der Waals surface area contributed by atoms with E-state index in [0.29, 0.717) is 6.54 Å². The number of halogens is 3. The van der Waals surface area contributed by atoms with Gasteiger partial charge in [0.05, 0.1) is 0 Å². The van der Waals surface area contributed by atoms with E-state index in [-0.39, 0.29) is 5.75 Å². The number of nitrogens with one attached hydrogen (secondary N) is 1. The minimum atomic E-state index is -2.79. The van der Waals surface area contributed by atoms with Crippen LogP contribution in [0.1, 0.15) is 5.56 Å². The highest BCUT2D eigenvalue weighted by molar-refractivity contribution is 9.10. The highest BCUT2D eigenvalue weighted by Gasteiger charge is 2.09. The van der Waals surface area contributed by atoms with Gasteiger partial charge < -0.3 is 10.1 Å². The van der Waals surface area contributed by atoms with E-state index in [4.69, 9.17) is 0 Å². The van der Waals surface area contributed by atoms with Gasteiger partial charge in [-0.1, -0.05) is 15.9 Å². The Balaban J connectivity index is 2.63. The maximum absolute atomic E-state index is 12.2. The third-order valence-electron chi connectivity index (χ3n) is 2.04. The zero-order chi connectivity index (χ0) is 12.7. The molecule has 0 amide bonds. The first-order valence-corrected chi connectivity index (χ1v) is 7.25. The zero-order valence-electron chi connectivity index (χ0n) is 9.38. The lowest BCUT2D eigenvalue weighted by Gasteiger charge is -2.11. The minimum Gasteiger partial charge on any atom is -0.434 e. The van der Waals surface area contributed by atoms with Crippen LogP contribution in [0.5, 0.6) is 5.75 Å². The molecule has 0 aromatic heterocycles. The summed E-state index contributed by atoms with van der Waals surface area (Å²) in [7, 11) is 0. The molecule has 0 atom stereocenters. The van der Waals surface area contributed by atoms with Crippen LogP contribution < -0.4 is 10.1 Å². The highest BCUT2D eigenvalue weighted by Crippen LogP contribution is 2.24. The predicted molar refractivity (Wildman–Crippen MR) is 70.9 cm³/mol. The molecule has 6 heteroatoms. The van der Waals surface area contributed by atoms with Gasteiger partial charge in [-0.2, -0.15) is 20.5 Å². The molecule has 0 spiro atoms. The van der Waals surface area contributed by atoms with Crippen molar-refractivity contribution >= 4 is 27.7 Å². The summed E-state index contributed by atoms with van der Waals surface area (Å²) in [5.74, 6) is 1.21. The van der Waals surface area contributed by atoms with Crippen LogP contribution in [0.3, 0.4) is 0 Å². The molecule has 1 rings (SSSR count). The van der Waals surface area contributed by atoms with Crippen LogP contribution >= 0.6 is 27.7 Å². The first-order valence-electron chi connectivity index (χ1n) is 5.06. The van der Waals surface area contributed by atoms with Gasteiger partial charge in [-0.05, 0) is 24.5 Å². The monoisotopic (exact) mass is 325 g/mol. The van der Waals surface area contributed by atoms with Crippen molar-refractivity contribution < 1.29 is 13.5 Å². The van der Waals surface area contributed by atoms with E-state index in [0.717, 1.165) is 22.3 Å². The number of rotatable bonds is 7. The Hall–Kier alpha value is -0.330. The third-order valence-corrected chi connectivity index (χ3v) is 3.14. The Morgan fingerprint density at radius 1 is 1.47 bits per heavy atom. The third kappa shape index (κ3) is 5.70. The number of alkyl halides is 2. The molecular weight excluding hydrogens is 312 g/mol. The number of thioether (sulfide) groups is 1. The van der Waals surface area contributed by atoms with Crippen molar-refractivity contribution in [2.45, 2.75) is 13.2 Å². The molecule has 1 N–H and O–H groups in total. The fourth-order valence-electron chi connectivity index (χ4n) is 1.29. The summed E-state index contributed by atoms with van der Waals surface area (Å²) in [6.07, 6.45) is 2.02. The van der Waals surface area contributed by atoms with E-state index in [1.807, 2.05) is 6.26 Å². The van der Waals surface area contributed by atoms with Crippen LogP contribution in [-0.2, 0) is 6.54 Å². The number of ether oxygens (including phenoxy) is 1. The first kappa shape index (κ1) is 14.7. The average molecular weight is 326 g/mol. The molecule has 0 heterocycles. The smallest absolute Gasteiger partial charge is 0.387 e. The summed E-state index contributed by atoms with van der Waals surface area (Å²) in [5, 5.41) is 3.18. The Kier molecular flexibility index (Phi) is 6.84. The molecule has 0 saturated carbocycles. The number of benzene rings is 1. The maximum Gasteiger partial charge on any atom is 0.387 e. The number of hydrogen-bond acceptors (Lipinski definition) is 3. The quantitative estimate of drug-likeness (QED) is 0.775. The van der Waals surface area contributed by atoms with E-state index >= 15 is 0 Å². The Bertz CT molecular complexity index is 352. The van der Waals surface area contributed by atoms with Gasteiger partial charge in [-0.3, -0.25) is 0 Å². The van der Waals surface area contributed by atoms with Crippen molar-refractivity contribution in [3.05, 3.63) is 28.2 Å². The van der Waals surface area contributed by atoms with Crippen LogP contribution in [0.15, 0.2) is 22.7 Å². The maximum atomic E-state index is 12.2. The molecule has 0 aliphatic carbocycles. The van der Waals surface area contributed by atoms with Gasteiger partial charge in [0.2, 0.25) is 0 Å². The van der Waals surface area contributed by atoms with Gasteiger partial charge in [0, 0.05) is 28.9 Å². The second kappa shape index (κ2) is 7.89. The molecule has 1 aromatic rings. The molecule has 0 fully saturated rings. The Labute approximate surface area is 112 Å². The molecule has 0 aliphatic heterocycles. The Morgan fingerprint density at radius 2 is 2.24 bits per heavy atom. The van der Waals surface area contributed by atoms with Crippen LogP contribution in [0.25, 0.3) is 0 Å². The van der Waals surface area contributed by atoms with Gasteiger partial charge in [-0.15, -0.1) is 0 Å². The molecule has 2 nitrogen and oxygen atoms in total. The second-order valence-corrected chi connectivity index (χ2v) is 5.20. The van der Waals surface area contributed by atoms with Gasteiger partial charge in [-0.25, -0.2) is 0 Å². The standard InChI is InChI=1S/C11H14BrF2NOS/c1-17-5-4-15-7-8-6-9(12)2-3-10(8)16-11(13)14/h2-3,6,11,15H,4-5,7H2,1H3. The SMILES string of the molecule is CSCCNCc1cc(Br)ccc1OC(F)F. The summed E-state index contributed by atoms with van der Waals surface area (Å²) >= 11 is 5.04. The lowest BCUT2D eigenvalue weighted by molar-refractivity contribution is -0.0505. The summed E-state index contributed by atoms with van der Waals surface area (Å²) in [6, 6.07) is 5.01. The fourth-order valence-corrected chi connectivity index (χ4v) is 2.05. The molecule has 0 radical (unpaired) electrons. The van der Waals surface area contributed by atoms with Gasteiger partial charge >= 0.3 is 6.61 Å². The van der Waals surface area contributed by atoms with Crippen molar-refractivity contribution in [2.24, 2.45) is 0 Å². The largest absolute Gasteiger partial charge is 0.434 e. The van der Waals surface area contributed by atoms with Crippen molar-refractivity contribution in [1.82, 2.24) is 5.32 Å². The van der Waals surface area contributed by atoms with E-state index in [1.54, 1.807) is 30.0 Å². The summed E-state index contributed by atoms with van der Waals surface area (Å²) < 4.78 is 29.7. The van der Waals surface area contributed by atoms with Gasteiger partial charge in [0.25, 0.3) is 0 Å². The number of hydrogen-bond donors (Lipinski definition) is 1. The first-order chi connectivity index (χ1) is 8.13. The lowest BCUT2D eigenvalue weighted by Crippen LogP contribution is -2.17. The van der Waals surface area contributed by atoms with Crippen molar-refractivity contribution in [3.8, 4) is 5.75 Å². The van der Waals surface area contributed by atoms with E-state index < -0.39 is 6.61 Å². The molecular formula is C11H14BrF2NOS.